The monoisotopic (exact) mass is 475 g/mol. The lowest BCUT2D eigenvalue weighted by atomic mass is 9.82. The van der Waals surface area contributed by atoms with E-state index in [-0.39, 0.29) is 9.45 Å². The van der Waals surface area contributed by atoms with E-state index in [1.165, 1.54) is 55.8 Å². The number of hydrogen-bond acceptors (Lipinski definition) is 6. The summed E-state index contributed by atoms with van der Waals surface area (Å²) < 4.78 is 0.750. The molecule has 0 aromatic carbocycles. The molecule has 1 saturated carbocycles. The van der Waals surface area contributed by atoms with Crippen molar-refractivity contribution in [1.82, 2.24) is 5.32 Å². The minimum Gasteiger partial charge on any atom is -0.481 e. The van der Waals surface area contributed by atoms with Crippen LogP contribution in [0.4, 0.5) is 0 Å². The van der Waals surface area contributed by atoms with Crippen LogP contribution in [0.2, 0.25) is 0 Å². The molecular formula is C21H35N2O2S4+. The molecule has 0 bridgehead atoms. The summed E-state index contributed by atoms with van der Waals surface area (Å²) in [5.41, 5.74) is 0. The van der Waals surface area contributed by atoms with Crippen molar-refractivity contribution >= 4 is 53.0 Å². The summed E-state index contributed by atoms with van der Waals surface area (Å²) in [6.45, 7) is 1.96. The zero-order valence-electron chi connectivity index (χ0n) is 17.3. The molecule has 3 aliphatic rings. The summed E-state index contributed by atoms with van der Waals surface area (Å²) in [6, 6.07) is 3.77. The quantitative estimate of drug-likeness (QED) is 0.397. The van der Waals surface area contributed by atoms with E-state index < -0.39 is 5.97 Å². The van der Waals surface area contributed by atoms with Crippen molar-refractivity contribution in [3.8, 4) is 6.07 Å². The SMILES string of the molecule is O=C(O)CCCCSCCCCC[N+]#CC1NCCSC12SCCC1(CCC1)S2. The first kappa shape index (κ1) is 24.0. The third-order valence-corrected chi connectivity index (χ3v) is 12.5. The Morgan fingerprint density at radius 2 is 1.90 bits per heavy atom. The molecule has 2 saturated heterocycles. The van der Waals surface area contributed by atoms with Gasteiger partial charge in [0.25, 0.3) is 12.6 Å². The molecule has 2 N–H and O–H groups in total. The molecule has 3 fully saturated rings. The Morgan fingerprint density at radius 3 is 2.66 bits per heavy atom. The smallest absolute Gasteiger partial charge is 0.303 e. The number of hydrogen-bond donors (Lipinski definition) is 2. The lowest BCUT2D eigenvalue weighted by molar-refractivity contribution is -0.137. The Bertz CT molecular complexity index is 587. The Hall–Kier alpha value is 0.320. The van der Waals surface area contributed by atoms with E-state index >= 15 is 0 Å². The third kappa shape index (κ3) is 7.45. The van der Waals surface area contributed by atoms with E-state index in [2.05, 4.69) is 46.7 Å². The van der Waals surface area contributed by atoms with E-state index in [1.54, 1.807) is 0 Å². The maximum Gasteiger partial charge on any atom is 0.303 e. The molecule has 2 spiro atoms. The van der Waals surface area contributed by atoms with Crippen LogP contribution in [-0.2, 0) is 4.79 Å². The predicted octanol–water partition coefficient (Wildman–Crippen LogP) is 5.63. The fraction of sp³-hybridized carbons (Fsp3) is 0.905. The number of carboxylic acid groups (broad SMARTS) is 1. The molecule has 2 heterocycles. The molecular weight excluding hydrogens is 441 g/mol. The van der Waals surface area contributed by atoms with Gasteiger partial charge in [-0.1, -0.05) is 11.3 Å². The highest BCUT2D eigenvalue weighted by Gasteiger charge is 2.55. The van der Waals surface area contributed by atoms with Gasteiger partial charge in [0.2, 0.25) is 0 Å². The lowest BCUT2D eigenvalue weighted by Crippen LogP contribution is -2.54. The van der Waals surface area contributed by atoms with Gasteiger partial charge in [-0.25, -0.2) is 0 Å². The van der Waals surface area contributed by atoms with Crippen LogP contribution in [0.15, 0.2) is 0 Å². The van der Waals surface area contributed by atoms with Crippen molar-refractivity contribution in [2.75, 3.05) is 36.1 Å². The summed E-state index contributed by atoms with van der Waals surface area (Å²) in [5, 5.41) is 12.3. The van der Waals surface area contributed by atoms with E-state index in [9.17, 15) is 4.79 Å². The largest absolute Gasteiger partial charge is 0.481 e. The van der Waals surface area contributed by atoms with Crippen LogP contribution in [0, 0.1) is 6.07 Å². The zero-order valence-corrected chi connectivity index (χ0v) is 20.6. The maximum atomic E-state index is 10.5. The Kier molecular flexibility index (Phi) is 10.2. The number of rotatable bonds is 10. The molecule has 2 atom stereocenters. The molecule has 2 aliphatic heterocycles. The number of aliphatic carboxylic acids is 1. The van der Waals surface area contributed by atoms with Crippen molar-refractivity contribution in [3.05, 3.63) is 4.85 Å². The predicted molar refractivity (Wildman–Crippen MR) is 133 cm³/mol. The second kappa shape index (κ2) is 12.4. The molecule has 164 valence electrons. The molecule has 3 rings (SSSR count). The lowest BCUT2D eigenvalue weighted by Gasteiger charge is -2.53. The Morgan fingerprint density at radius 1 is 1.10 bits per heavy atom. The van der Waals surface area contributed by atoms with E-state index in [4.69, 9.17) is 9.95 Å². The van der Waals surface area contributed by atoms with Crippen LogP contribution in [0.25, 0.3) is 4.85 Å². The van der Waals surface area contributed by atoms with Gasteiger partial charge in [0, 0.05) is 29.9 Å². The van der Waals surface area contributed by atoms with Gasteiger partial charge in [-0.05, 0) is 62.2 Å². The highest BCUT2D eigenvalue weighted by atomic mass is 32.3. The first-order valence-electron chi connectivity index (χ1n) is 11.1. The van der Waals surface area contributed by atoms with Crippen molar-refractivity contribution in [3.63, 3.8) is 0 Å². The Labute approximate surface area is 193 Å². The summed E-state index contributed by atoms with van der Waals surface area (Å²) in [6.07, 6.45) is 11.3. The van der Waals surface area contributed by atoms with Crippen LogP contribution >= 0.6 is 47.0 Å². The van der Waals surface area contributed by atoms with Crippen molar-refractivity contribution in [1.29, 1.82) is 0 Å². The maximum absolute atomic E-state index is 10.5. The molecule has 0 aromatic rings. The topological polar surface area (TPSA) is 53.7 Å². The average molecular weight is 476 g/mol. The summed E-state index contributed by atoms with van der Waals surface area (Å²) >= 11 is 8.47. The number of nitrogens with zero attached hydrogens (tertiary/aromatic N) is 1. The highest BCUT2D eigenvalue weighted by molar-refractivity contribution is 8.34. The van der Waals surface area contributed by atoms with E-state index in [1.807, 2.05) is 11.8 Å². The average Bonchev–Trinajstić information content (AvgIpc) is 2.69. The standard InChI is InChI=1S/C21H34N2O2S4/c24-19(25)7-2-5-14-26-13-4-1-3-11-22-17-18-21(28-16-12-23-18)27-15-10-20(29-21)8-6-9-20/h18,23H,1-16H2/p+1. The first-order valence-corrected chi connectivity index (χ1v) is 15.0. The Balaban J connectivity index is 1.29. The third-order valence-electron chi connectivity index (χ3n) is 5.80. The fourth-order valence-corrected chi connectivity index (χ4v) is 11.4. The number of unbranched alkanes of at least 4 members (excludes halogenated alkanes) is 3. The molecule has 8 heteroatoms. The molecule has 2 unspecified atom stereocenters. The second-order valence-corrected chi connectivity index (χ2v) is 14.5. The molecule has 0 radical (unpaired) electrons. The normalized spacial score (nSPS) is 27.9. The van der Waals surface area contributed by atoms with Crippen molar-refractivity contribution in [2.24, 2.45) is 0 Å². The number of carboxylic acids is 1. The van der Waals surface area contributed by atoms with Gasteiger partial charge in [-0.2, -0.15) is 11.8 Å². The molecule has 1 aliphatic carbocycles. The van der Waals surface area contributed by atoms with Gasteiger partial charge in [-0.15, -0.1) is 35.3 Å². The molecule has 0 aromatic heterocycles. The zero-order chi connectivity index (χ0) is 20.4. The van der Waals surface area contributed by atoms with Gasteiger partial charge >= 0.3 is 5.97 Å². The highest BCUT2D eigenvalue weighted by Crippen LogP contribution is 2.64. The number of carbonyl (C=O) groups is 1. The van der Waals surface area contributed by atoms with Crippen LogP contribution in [-0.4, -0.2) is 61.4 Å². The summed E-state index contributed by atoms with van der Waals surface area (Å²) in [4.78, 5) is 15.2. The van der Waals surface area contributed by atoms with Gasteiger partial charge in [-0.3, -0.25) is 10.1 Å². The number of thioether (sulfide) groups is 4. The first-order chi connectivity index (χ1) is 14.1. The molecule has 29 heavy (non-hydrogen) atoms. The number of nitrogens with one attached hydrogen (secondary N) is 1. The van der Waals surface area contributed by atoms with Gasteiger partial charge in [0.05, 0.1) is 0 Å². The fourth-order valence-electron chi connectivity index (χ4n) is 3.94. The van der Waals surface area contributed by atoms with Crippen LogP contribution < -0.4 is 5.32 Å². The van der Waals surface area contributed by atoms with Crippen LogP contribution in [0.1, 0.15) is 64.2 Å². The minimum absolute atomic E-state index is 0.192. The molecule has 0 amide bonds. The van der Waals surface area contributed by atoms with Crippen LogP contribution in [0.5, 0.6) is 0 Å². The molecule has 4 nitrogen and oxygen atoms in total. The van der Waals surface area contributed by atoms with Crippen molar-refractivity contribution < 1.29 is 9.90 Å². The van der Waals surface area contributed by atoms with E-state index in [0.717, 1.165) is 38.1 Å². The van der Waals surface area contributed by atoms with Gasteiger partial charge in [0.15, 0.2) is 6.04 Å². The van der Waals surface area contributed by atoms with Crippen molar-refractivity contribution in [2.45, 2.75) is 78.4 Å². The summed E-state index contributed by atoms with van der Waals surface area (Å²) in [5.74, 6) is 4.07. The van der Waals surface area contributed by atoms with E-state index in [0.29, 0.717) is 11.2 Å². The van der Waals surface area contributed by atoms with Gasteiger partial charge in [0.1, 0.15) is 3.41 Å². The summed E-state index contributed by atoms with van der Waals surface area (Å²) in [7, 11) is 0. The minimum atomic E-state index is -0.677. The van der Waals surface area contributed by atoms with Crippen LogP contribution in [0.3, 0.4) is 0 Å². The second-order valence-electron chi connectivity index (χ2n) is 8.11. The van der Waals surface area contributed by atoms with Gasteiger partial charge < -0.3 is 5.11 Å².